The molecule has 0 saturated heterocycles. The number of hydrogen-bond donors (Lipinski definition) is 3. The van der Waals surface area contributed by atoms with Gasteiger partial charge < -0.3 is 15.5 Å². The highest BCUT2D eigenvalue weighted by atomic mass is 16.4. The van der Waals surface area contributed by atoms with Gasteiger partial charge in [0.2, 0.25) is 11.8 Å². The van der Waals surface area contributed by atoms with Gasteiger partial charge in [-0.2, -0.15) is 0 Å². The average Bonchev–Trinajstić information content (AvgIpc) is 3.09. The number of carboxylic acids is 1. The van der Waals surface area contributed by atoms with Crippen LogP contribution in [0.5, 0.6) is 5.88 Å². The van der Waals surface area contributed by atoms with Crippen molar-refractivity contribution in [2.24, 2.45) is 19.1 Å². The number of allylic oxidation sites excluding steroid dienone is 1. The number of nitrogens with one attached hydrogen (secondary N) is 1. The number of aromatic hydroxyl groups is 1. The molecular formula is C21H22N4O6. The zero-order valence-electron chi connectivity index (χ0n) is 17.1. The molecule has 0 spiro atoms. The molecule has 2 aromatic rings. The topological polar surface area (TPSA) is 143 Å². The number of amides is 1. The molecule has 0 atom stereocenters. The van der Waals surface area contributed by atoms with Crippen LogP contribution in [0.15, 0.2) is 44.5 Å². The van der Waals surface area contributed by atoms with E-state index in [0.29, 0.717) is 17.5 Å². The number of carbonyl (C=O) groups excluding carboxylic acids is 1. The van der Waals surface area contributed by atoms with Gasteiger partial charge in [-0.05, 0) is 24.1 Å². The lowest BCUT2D eigenvalue weighted by atomic mass is 10.1. The fourth-order valence-corrected chi connectivity index (χ4v) is 3.30. The normalized spacial score (nSPS) is 13.7. The number of fused-ring (bicyclic) bond motifs is 1. The van der Waals surface area contributed by atoms with Gasteiger partial charge >= 0.3 is 11.7 Å². The van der Waals surface area contributed by atoms with Gasteiger partial charge in [0.15, 0.2) is 0 Å². The summed E-state index contributed by atoms with van der Waals surface area (Å²) in [7, 11) is 2.68. The first-order valence-electron chi connectivity index (χ1n) is 9.57. The van der Waals surface area contributed by atoms with Crippen molar-refractivity contribution < 1.29 is 19.8 Å². The summed E-state index contributed by atoms with van der Waals surface area (Å²) in [5.41, 5.74) is -0.180. The van der Waals surface area contributed by atoms with Crippen molar-refractivity contribution in [2.75, 3.05) is 6.54 Å². The first-order valence-corrected chi connectivity index (χ1v) is 9.57. The van der Waals surface area contributed by atoms with E-state index in [0.717, 1.165) is 19.9 Å². The van der Waals surface area contributed by atoms with E-state index in [4.69, 9.17) is 5.11 Å². The summed E-state index contributed by atoms with van der Waals surface area (Å²) in [6.45, 7) is 0.242. The smallest absolute Gasteiger partial charge is 0.333 e. The first-order chi connectivity index (χ1) is 14.7. The Labute approximate surface area is 176 Å². The van der Waals surface area contributed by atoms with Gasteiger partial charge in [0, 0.05) is 32.3 Å². The van der Waals surface area contributed by atoms with E-state index in [1.807, 2.05) is 18.2 Å². The van der Waals surface area contributed by atoms with Crippen LogP contribution in [-0.2, 0) is 23.7 Å². The maximum Gasteiger partial charge on any atom is 0.333 e. The van der Waals surface area contributed by atoms with Crippen LogP contribution >= 0.6 is 0 Å². The van der Waals surface area contributed by atoms with Gasteiger partial charge in [-0.1, -0.05) is 18.2 Å². The van der Waals surface area contributed by atoms with Gasteiger partial charge in [0.25, 0.3) is 5.56 Å². The van der Waals surface area contributed by atoms with Crippen molar-refractivity contribution in [3.05, 3.63) is 66.9 Å². The Morgan fingerprint density at radius 3 is 2.55 bits per heavy atom. The van der Waals surface area contributed by atoms with E-state index in [2.05, 4.69) is 10.3 Å². The van der Waals surface area contributed by atoms with E-state index in [1.165, 1.54) is 20.2 Å². The molecule has 1 amide bonds. The molecule has 3 N–H and O–H groups in total. The lowest BCUT2D eigenvalue weighted by molar-refractivity contribution is -0.138. The summed E-state index contributed by atoms with van der Waals surface area (Å²) in [6, 6.07) is 7.32. The second-order valence-electron chi connectivity index (χ2n) is 7.07. The molecule has 0 unspecified atom stereocenters. The molecule has 3 rings (SSSR count). The predicted octanol–water partition coefficient (Wildman–Crippen LogP) is -1.01. The fraction of sp³-hybridized carbons (Fsp3) is 0.286. The average molecular weight is 426 g/mol. The fourth-order valence-electron chi connectivity index (χ4n) is 3.30. The number of rotatable bonds is 7. The van der Waals surface area contributed by atoms with E-state index >= 15 is 0 Å². The van der Waals surface area contributed by atoms with Crippen LogP contribution in [0.1, 0.15) is 24.8 Å². The second kappa shape index (κ2) is 8.82. The number of carboxylic acid groups (broad SMARTS) is 1. The number of nitrogens with zero attached hydrogens (tertiary/aromatic N) is 3. The van der Waals surface area contributed by atoms with Crippen LogP contribution in [0.25, 0.3) is 11.6 Å². The largest absolute Gasteiger partial charge is 0.494 e. The van der Waals surface area contributed by atoms with E-state index in [-0.39, 0.29) is 30.9 Å². The van der Waals surface area contributed by atoms with Crippen LogP contribution in [0.4, 0.5) is 0 Å². The van der Waals surface area contributed by atoms with Gasteiger partial charge in [-0.15, -0.1) is 0 Å². The summed E-state index contributed by atoms with van der Waals surface area (Å²) in [6.07, 6.45) is 1.44. The summed E-state index contributed by atoms with van der Waals surface area (Å²) in [5, 5.41) is 23.2. The van der Waals surface area contributed by atoms with Gasteiger partial charge in [0.05, 0.1) is 17.5 Å². The highest BCUT2D eigenvalue weighted by Crippen LogP contribution is 2.22. The van der Waals surface area contributed by atoms with Crippen molar-refractivity contribution in [1.29, 1.82) is 0 Å². The number of benzene rings is 1. The Bertz CT molecular complexity index is 1330. The molecule has 2 heterocycles. The quantitative estimate of drug-likeness (QED) is 0.518. The number of hydrogen-bond acceptors (Lipinski definition) is 6. The molecule has 0 radical (unpaired) electrons. The van der Waals surface area contributed by atoms with Crippen LogP contribution in [-0.4, -0.2) is 37.8 Å². The van der Waals surface area contributed by atoms with Crippen LogP contribution in [0.3, 0.4) is 0 Å². The van der Waals surface area contributed by atoms with Crippen molar-refractivity contribution in [1.82, 2.24) is 14.5 Å². The van der Waals surface area contributed by atoms with Crippen molar-refractivity contribution in [3.63, 3.8) is 0 Å². The Morgan fingerprint density at radius 1 is 1.13 bits per heavy atom. The highest BCUT2D eigenvalue weighted by molar-refractivity contribution is 5.81. The second-order valence-corrected chi connectivity index (χ2v) is 7.07. The van der Waals surface area contributed by atoms with Crippen LogP contribution in [0.2, 0.25) is 0 Å². The molecule has 10 nitrogen and oxygen atoms in total. The Balaban J connectivity index is 1.96. The maximum absolute atomic E-state index is 12.5. The van der Waals surface area contributed by atoms with Crippen molar-refractivity contribution in [3.8, 4) is 5.88 Å². The van der Waals surface area contributed by atoms with E-state index in [1.54, 1.807) is 6.07 Å². The Kier molecular flexibility index (Phi) is 6.19. The summed E-state index contributed by atoms with van der Waals surface area (Å²) < 4.78 is 1.87. The van der Waals surface area contributed by atoms with Crippen LogP contribution < -0.4 is 27.1 Å². The first kappa shape index (κ1) is 21.8. The third kappa shape index (κ3) is 4.47. The SMILES string of the molecule is Cn1c(O)c(C=C2N=c3ccccc3=C2CCNC(=O)CCC(=O)O)c(=O)n(C)c1=O. The van der Waals surface area contributed by atoms with Gasteiger partial charge in [-0.3, -0.25) is 23.5 Å². The minimum absolute atomic E-state index is 0.0702. The molecule has 1 aliphatic rings. The van der Waals surface area contributed by atoms with Gasteiger partial charge in [0.1, 0.15) is 5.56 Å². The number of carbonyl (C=O) groups is 2. The zero-order chi connectivity index (χ0) is 22.7. The molecule has 0 saturated carbocycles. The molecule has 162 valence electrons. The van der Waals surface area contributed by atoms with E-state index in [9.17, 15) is 24.3 Å². The van der Waals surface area contributed by atoms with Crippen LogP contribution in [0, 0.1) is 0 Å². The lowest BCUT2D eigenvalue weighted by Crippen LogP contribution is -2.38. The highest BCUT2D eigenvalue weighted by Gasteiger charge is 2.18. The number of aromatic nitrogens is 2. The Hall–Kier alpha value is -3.95. The molecule has 1 aromatic carbocycles. The third-order valence-corrected chi connectivity index (χ3v) is 4.99. The molecule has 10 heteroatoms. The van der Waals surface area contributed by atoms with Gasteiger partial charge in [-0.25, -0.2) is 9.79 Å². The molecule has 31 heavy (non-hydrogen) atoms. The number of aliphatic carboxylic acids is 1. The Morgan fingerprint density at radius 2 is 1.84 bits per heavy atom. The summed E-state index contributed by atoms with van der Waals surface area (Å²) in [5.74, 6) is -1.88. The molecule has 1 aromatic heterocycles. The monoisotopic (exact) mass is 426 g/mol. The van der Waals surface area contributed by atoms with Crippen molar-refractivity contribution >= 4 is 23.5 Å². The molecule has 0 bridgehead atoms. The molecule has 0 fully saturated rings. The summed E-state index contributed by atoms with van der Waals surface area (Å²) >= 11 is 0. The summed E-state index contributed by atoms with van der Waals surface area (Å²) in [4.78, 5) is 51.5. The maximum atomic E-state index is 12.5. The standard InChI is InChI=1S/C21H22N4O6/c1-24-19(29)14(20(30)25(2)21(24)31)11-16-13(12-5-3-4-6-15(12)23-16)9-10-22-17(26)7-8-18(27)28/h3-6,11,29H,7-10H2,1-2H3,(H,22,26)(H,27,28). The van der Waals surface area contributed by atoms with Crippen molar-refractivity contribution in [2.45, 2.75) is 19.3 Å². The molecule has 1 aliphatic heterocycles. The lowest BCUT2D eigenvalue weighted by Gasteiger charge is -2.10. The minimum atomic E-state index is -1.04. The third-order valence-electron chi connectivity index (χ3n) is 4.99. The minimum Gasteiger partial charge on any atom is -0.494 e. The predicted molar refractivity (Wildman–Crippen MR) is 112 cm³/mol. The molecular weight excluding hydrogens is 404 g/mol. The van der Waals surface area contributed by atoms with E-state index < -0.39 is 23.1 Å². The molecule has 0 aliphatic carbocycles. The zero-order valence-corrected chi connectivity index (χ0v) is 17.1. The number of para-hydroxylation sites is 1.